The van der Waals surface area contributed by atoms with Crippen LogP contribution in [-0.2, 0) is 4.79 Å². The number of aliphatic hydroxyl groups excluding tert-OH is 1. The van der Waals surface area contributed by atoms with Crippen LogP contribution >= 0.6 is 11.6 Å². The van der Waals surface area contributed by atoms with E-state index in [1.807, 2.05) is 18.2 Å². The first-order valence-electron chi connectivity index (χ1n) is 4.55. The largest absolute Gasteiger partial charge is 0.395 e. The molecule has 0 saturated heterocycles. The number of nitrogens with one attached hydrogen (secondary N) is 1. The molecule has 0 heterocycles. The van der Waals surface area contributed by atoms with Gasteiger partial charge in [0.2, 0.25) is 5.91 Å². The Bertz CT molecular complexity index is 363. The van der Waals surface area contributed by atoms with Crippen LogP contribution in [-0.4, -0.2) is 24.2 Å². The summed E-state index contributed by atoms with van der Waals surface area (Å²) in [4.78, 5) is 11.1. The average Bonchev–Trinajstić information content (AvgIpc) is 2.25. The molecule has 1 amide bonds. The lowest BCUT2D eigenvalue weighted by atomic mass is 10.2. The van der Waals surface area contributed by atoms with E-state index in [4.69, 9.17) is 16.7 Å². The molecule has 0 aliphatic heterocycles. The molecule has 0 aromatic heterocycles. The molecule has 3 nitrogen and oxygen atoms in total. The van der Waals surface area contributed by atoms with E-state index in [0.29, 0.717) is 5.02 Å². The van der Waals surface area contributed by atoms with Crippen molar-refractivity contribution in [2.75, 3.05) is 13.2 Å². The number of aliphatic hydroxyl groups is 1. The van der Waals surface area contributed by atoms with Crippen molar-refractivity contribution in [3.05, 3.63) is 40.9 Å². The summed E-state index contributed by atoms with van der Waals surface area (Å²) < 4.78 is 0. The normalized spacial score (nSPS) is 10.5. The summed E-state index contributed by atoms with van der Waals surface area (Å²) in [7, 11) is 0. The molecule has 1 aromatic rings. The lowest BCUT2D eigenvalue weighted by molar-refractivity contribution is -0.116. The van der Waals surface area contributed by atoms with Crippen LogP contribution in [0, 0.1) is 0 Å². The molecule has 0 atom stereocenters. The fourth-order valence-electron chi connectivity index (χ4n) is 1.01. The van der Waals surface area contributed by atoms with Gasteiger partial charge in [0.1, 0.15) is 0 Å². The Labute approximate surface area is 93.4 Å². The van der Waals surface area contributed by atoms with Gasteiger partial charge in [0.15, 0.2) is 0 Å². The predicted molar refractivity (Wildman–Crippen MR) is 60.6 cm³/mol. The van der Waals surface area contributed by atoms with Gasteiger partial charge in [-0.2, -0.15) is 0 Å². The molecule has 4 heteroatoms. The first kappa shape index (κ1) is 11.8. The fourth-order valence-corrected chi connectivity index (χ4v) is 1.21. The van der Waals surface area contributed by atoms with Crippen LogP contribution in [0.25, 0.3) is 6.08 Å². The summed E-state index contributed by atoms with van der Waals surface area (Å²) in [5.41, 5.74) is 0.790. The second-order valence-corrected chi connectivity index (χ2v) is 3.28. The summed E-state index contributed by atoms with van der Waals surface area (Å²) in [6.45, 7) is 0.192. The molecule has 2 N–H and O–H groups in total. The van der Waals surface area contributed by atoms with Crippen LogP contribution in [0.5, 0.6) is 0 Å². The zero-order valence-electron chi connectivity index (χ0n) is 8.11. The molecular weight excluding hydrogens is 214 g/mol. The molecule has 0 bridgehead atoms. The van der Waals surface area contributed by atoms with Crippen LogP contribution < -0.4 is 5.32 Å². The lowest BCUT2D eigenvalue weighted by Crippen LogP contribution is -2.24. The highest BCUT2D eigenvalue weighted by Crippen LogP contribution is 2.15. The van der Waals surface area contributed by atoms with Gasteiger partial charge >= 0.3 is 0 Å². The third-order valence-electron chi connectivity index (χ3n) is 1.73. The van der Waals surface area contributed by atoms with Crippen LogP contribution in [0.2, 0.25) is 5.02 Å². The minimum atomic E-state index is -0.246. The van der Waals surface area contributed by atoms with Gasteiger partial charge in [0.05, 0.1) is 6.61 Å². The first-order valence-corrected chi connectivity index (χ1v) is 4.93. The maximum atomic E-state index is 11.1. The van der Waals surface area contributed by atoms with Crippen LogP contribution in [0.4, 0.5) is 0 Å². The Hall–Kier alpha value is -1.32. The van der Waals surface area contributed by atoms with Crippen molar-refractivity contribution >= 4 is 23.6 Å². The summed E-state index contributed by atoms with van der Waals surface area (Å²) >= 11 is 5.89. The first-order chi connectivity index (χ1) is 7.24. The average molecular weight is 226 g/mol. The summed E-state index contributed by atoms with van der Waals surface area (Å²) in [6.07, 6.45) is 3.02. The molecule has 0 fully saturated rings. The second kappa shape index (κ2) is 6.22. The zero-order valence-corrected chi connectivity index (χ0v) is 8.87. The van der Waals surface area contributed by atoms with E-state index in [1.54, 1.807) is 12.1 Å². The van der Waals surface area contributed by atoms with Gasteiger partial charge in [-0.3, -0.25) is 4.79 Å². The minimum absolute atomic E-state index is 0.0638. The van der Waals surface area contributed by atoms with E-state index in [1.165, 1.54) is 6.08 Å². The van der Waals surface area contributed by atoms with Crippen molar-refractivity contribution in [2.45, 2.75) is 0 Å². The van der Waals surface area contributed by atoms with Gasteiger partial charge < -0.3 is 10.4 Å². The predicted octanol–water partition coefficient (Wildman–Crippen LogP) is 1.46. The quantitative estimate of drug-likeness (QED) is 0.763. The Morgan fingerprint density at radius 2 is 2.20 bits per heavy atom. The van der Waals surface area contributed by atoms with E-state index in [0.717, 1.165) is 5.56 Å². The van der Waals surface area contributed by atoms with Crippen molar-refractivity contribution in [3.63, 3.8) is 0 Å². The Balaban J connectivity index is 2.58. The van der Waals surface area contributed by atoms with Crippen LogP contribution in [0.15, 0.2) is 30.3 Å². The highest BCUT2D eigenvalue weighted by atomic mass is 35.5. The topological polar surface area (TPSA) is 49.3 Å². The number of carbonyl (C=O) groups is 1. The molecule has 0 saturated carbocycles. The number of carbonyl (C=O) groups excluding carboxylic acids is 1. The highest BCUT2D eigenvalue weighted by molar-refractivity contribution is 6.32. The van der Waals surface area contributed by atoms with Gasteiger partial charge in [-0.15, -0.1) is 0 Å². The van der Waals surface area contributed by atoms with Crippen molar-refractivity contribution in [1.29, 1.82) is 0 Å². The number of amides is 1. The summed E-state index contributed by atoms with van der Waals surface area (Å²) in [6, 6.07) is 7.24. The number of rotatable bonds is 4. The standard InChI is InChI=1S/C11H12ClNO2/c12-10-4-2-1-3-9(10)5-6-11(15)13-7-8-14/h1-6,14H,7-8H2,(H,13,15)/b6-5+. The summed E-state index contributed by atoms with van der Waals surface area (Å²) in [5.74, 6) is -0.246. The van der Waals surface area contributed by atoms with Gasteiger partial charge in [-0.25, -0.2) is 0 Å². The molecule has 0 unspecified atom stereocenters. The highest BCUT2D eigenvalue weighted by Gasteiger charge is 1.96. The van der Waals surface area contributed by atoms with Gasteiger partial charge in [-0.05, 0) is 17.7 Å². The van der Waals surface area contributed by atoms with E-state index in [9.17, 15) is 4.79 Å². The molecule has 80 valence electrons. The number of hydrogen-bond acceptors (Lipinski definition) is 2. The van der Waals surface area contributed by atoms with Crippen molar-refractivity contribution in [2.24, 2.45) is 0 Å². The molecule has 0 aliphatic rings. The number of hydrogen-bond donors (Lipinski definition) is 2. The maximum Gasteiger partial charge on any atom is 0.244 e. The molecule has 15 heavy (non-hydrogen) atoms. The molecule has 0 aliphatic carbocycles. The maximum absolute atomic E-state index is 11.1. The summed E-state index contributed by atoms with van der Waals surface area (Å²) in [5, 5.41) is 11.6. The molecule has 1 rings (SSSR count). The molecule has 0 spiro atoms. The van der Waals surface area contributed by atoms with Crippen LogP contribution in [0.3, 0.4) is 0 Å². The van der Waals surface area contributed by atoms with Gasteiger partial charge in [-0.1, -0.05) is 29.8 Å². The smallest absolute Gasteiger partial charge is 0.244 e. The number of benzene rings is 1. The van der Waals surface area contributed by atoms with E-state index >= 15 is 0 Å². The number of halogens is 1. The second-order valence-electron chi connectivity index (χ2n) is 2.87. The Kier molecular flexibility index (Phi) is 4.87. The minimum Gasteiger partial charge on any atom is -0.395 e. The van der Waals surface area contributed by atoms with E-state index in [2.05, 4.69) is 5.32 Å². The fraction of sp³-hybridized carbons (Fsp3) is 0.182. The van der Waals surface area contributed by atoms with Gasteiger partial charge in [0.25, 0.3) is 0 Å². The zero-order chi connectivity index (χ0) is 11.1. The van der Waals surface area contributed by atoms with Gasteiger partial charge in [0, 0.05) is 17.6 Å². The van der Waals surface area contributed by atoms with Crippen molar-refractivity contribution in [3.8, 4) is 0 Å². The van der Waals surface area contributed by atoms with Crippen molar-refractivity contribution < 1.29 is 9.90 Å². The third-order valence-corrected chi connectivity index (χ3v) is 2.07. The van der Waals surface area contributed by atoms with E-state index < -0.39 is 0 Å². The SMILES string of the molecule is O=C(/C=C/c1ccccc1Cl)NCCO. The lowest BCUT2D eigenvalue weighted by Gasteiger charge is -1.98. The van der Waals surface area contributed by atoms with Crippen molar-refractivity contribution in [1.82, 2.24) is 5.32 Å². The Morgan fingerprint density at radius 3 is 2.87 bits per heavy atom. The monoisotopic (exact) mass is 225 g/mol. The van der Waals surface area contributed by atoms with E-state index in [-0.39, 0.29) is 19.1 Å². The Morgan fingerprint density at radius 1 is 1.47 bits per heavy atom. The van der Waals surface area contributed by atoms with Crippen LogP contribution in [0.1, 0.15) is 5.56 Å². The molecular formula is C11H12ClNO2. The molecule has 1 aromatic carbocycles. The third kappa shape index (κ3) is 4.14. The molecule has 0 radical (unpaired) electrons.